The molecule has 0 spiro atoms. The Morgan fingerprint density at radius 1 is 1.06 bits per heavy atom. The summed E-state index contributed by atoms with van der Waals surface area (Å²) in [7, 11) is 3.12. The molecule has 0 bridgehead atoms. The Balaban J connectivity index is 2.43. The SMILES string of the molecule is COc1c(N(C)c2ccccc2)c(=O)c1=O. The predicted molar refractivity (Wildman–Crippen MR) is 62.4 cm³/mol. The van der Waals surface area contributed by atoms with Crippen molar-refractivity contribution in [3.63, 3.8) is 0 Å². The fourth-order valence-corrected chi connectivity index (χ4v) is 1.63. The van der Waals surface area contributed by atoms with Crippen molar-refractivity contribution in [2.24, 2.45) is 0 Å². The summed E-state index contributed by atoms with van der Waals surface area (Å²) in [4.78, 5) is 24.3. The molecule has 16 heavy (non-hydrogen) atoms. The van der Waals surface area contributed by atoms with Gasteiger partial charge in [0.15, 0.2) is 5.75 Å². The average Bonchev–Trinajstić information content (AvgIpc) is 2.34. The highest BCUT2D eigenvalue weighted by Gasteiger charge is 2.25. The van der Waals surface area contributed by atoms with Crippen LogP contribution in [0.25, 0.3) is 0 Å². The molecule has 82 valence electrons. The van der Waals surface area contributed by atoms with E-state index in [-0.39, 0.29) is 5.75 Å². The molecule has 0 saturated heterocycles. The first-order valence-corrected chi connectivity index (χ1v) is 4.83. The van der Waals surface area contributed by atoms with E-state index >= 15 is 0 Å². The molecule has 0 unspecified atom stereocenters. The van der Waals surface area contributed by atoms with Gasteiger partial charge in [0.05, 0.1) is 7.11 Å². The van der Waals surface area contributed by atoms with Crippen LogP contribution in [0.4, 0.5) is 11.4 Å². The highest BCUT2D eigenvalue weighted by molar-refractivity contribution is 5.71. The van der Waals surface area contributed by atoms with Gasteiger partial charge < -0.3 is 9.64 Å². The molecule has 0 aliphatic heterocycles. The number of methoxy groups -OCH3 is 1. The van der Waals surface area contributed by atoms with E-state index in [0.29, 0.717) is 5.69 Å². The first-order valence-electron chi connectivity index (χ1n) is 4.83. The molecule has 0 amide bonds. The number of hydrogen-bond donors (Lipinski definition) is 0. The van der Waals surface area contributed by atoms with Gasteiger partial charge in [0.2, 0.25) is 0 Å². The van der Waals surface area contributed by atoms with Crippen LogP contribution < -0.4 is 20.5 Å². The maximum atomic E-state index is 11.4. The van der Waals surface area contributed by atoms with E-state index in [1.165, 1.54) is 7.11 Å². The van der Waals surface area contributed by atoms with Crippen LogP contribution in [0.5, 0.6) is 5.75 Å². The zero-order valence-electron chi connectivity index (χ0n) is 9.06. The van der Waals surface area contributed by atoms with Crippen molar-refractivity contribution in [1.82, 2.24) is 0 Å². The number of anilines is 2. The lowest BCUT2D eigenvalue weighted by molar-refractivity contribution is 0.406. The standard InChI is InChI=1S/C12H11NO3/c1-13(8-6-4-3-5-7-8)9-10(14)11(15)12(9)16-2/h3-7H,1-2H3. The Kier molecular flexibility index (Phi) is 2.48. The highest BCUT2D eigenvalue weighted by atomic mass is 16.5. The van der Waals surface area contributed by atoms with Crippen LogP contribution in [0, 0.1) is 0 Å². The molecule has 4 heteroatoms. The smallest absolute Gasteiger partial charge is 0.272 e. The zero-order chi connectivity index (χ0) is 11.7. The molecule has 0 saturated carbocycles. The summed E-state index contributed by atoms with van der Waals surface area (Å²) in [6.45, 7) is 0. The minimum atomic E-state index is -0.555. The summed E-state index contributed by atoms with van der Waals surface area (Å²) in [5.74, 6) is 0.136. The van der Waals surface area contributed by atoms with Gasteiger partial charge in [0, 0.05) is 12.7 Å². The van der Waals surface area contributed by atoms with E-state index in [1.807, 2.05) is 30.3 Å². The summed E-state index contributed by atoms with van der Waals surface area (Å²) in [5, 5.41) is 0. The Morgan fingerprint density at radius 3 is 2.25 bits per heavy atom. The van der Waals surface area contributed by atoms with E-state index < -0.39 is 10.9 Å². The number of rotatable bonds is 3. The van der Waals surface area contributed by atoms with Crippen LogP contribution in [0.15, 0.2) is 39.9 Å². The van der Waals surface area contributed by atoms with E-state index in [1.54, 1.807) is 11.9 Å². The predicted octanol–water partition coefficient (Wildman–Crippen LogP) is 1.06. The van der Waals surface area contributed by atoms with Gasteiger partial charge >= 0.3 is 0 Å². The second kappa shape index (κ2) is 3.81. The molecule has 0 aliphatic carbocycles. The largest absolute Gasteiger partial charge is 0.491 e. The minimum absolute atomic E-state index is 0.136. The van der Waals surface area contributed by atoms with Crippen LogP contribution in [0.1, 0.15) is 0 Å². The summed E-state index contributed by atoms with van der Waals surface area (Å²) in [6.07, 6.45) is 0. The van der Waals surface area contributed by atoms with Crippen molar-refractivity contribution in [2.75, 3.05) is 19.1 Å². The number of hydrogen-bond acceptors (Lipinski definition) is 4. The molecular weight excluding hydrogens is 206 g/mol. The number of nitrogens with zero attached hydrogens (tertiary/aromatic N) is 1. The third-order valence-electron chi connectivity index (χ3n) is 2.53. The van der Waals surface area contributed by atoms with E-state index in [2.05, 4.69) is 0 Å². The molecule has 2 aromatic rings. The molecule has 2 aromatic carbocycles. The van der Waals surface area contributed by atoms with Gasteiger partial charge in [0.25, 0.3) is 10.9 Å². The molecule has 0 fully saturated rings. The van der Waals surface area contributed by atoms with Crippen LogP contribution in [0.2, 0.25) is 0 Å². The lowest BCUT2D eigenvalue weighted by Gasteiger charge is -2.21. The van der Waals surface area contributed by atoms with Gasteiger partial charge in [0.1, 0.15) is 5.69 Å². The molecule has 0 aliphatic rings. The van der Waals surface area contributed by atoms with Crippen LogP contribution in [0.3, 0.4) is 0 Å². The molecule has 0 heterocycles. The second-order valence-electron chi connectivity index (χ2n) is 3.43. The number of ether oxygens (including phenoxy) is 1. The van der Waals surface area contributed by atoms with Crippen LogP contribution in [-0.4, -0.2) is 14.2 Å². The van der Waals surface area contributed by atoms with Crippen molar-refractivity contribution in [2.45, 2.75) is 0 Å². The minimum Gasteiger partial charge on any atom is -0.491 e. The first kappa shape index (κ1) is 10.4. The average molecular weight is 217 g/mol. The maximum Gasteiger partial charge on any atom is 0.272 e. The van der Waals surface area contributed by atoms with Crippen molar-refractivity contribution in [3.8, 4) is 5.75 Å². The van der Waals surface area contributed by atoms with Crippen molar-refractivity contribution >= 4 is 11.4 Å². The summed E-state index contributed by atoms with van der Waals surface area (Å²) in [6, 6.07) is 9.33. The topological polar surface area (TPSA) is 46.6 Å². The van der Waals surface area contributed by atoms with E-state index in [9.17, 15) is 9.59 Å². The normalized spacial score (nSPS) is 10.4. The lowest BCUT2D eigenvalue weighted by Crippen LogP contribution is -2.37. The van der Waals surface area contributed by atoms with Gasteiger partial charge in [-0.2, -0.15) is 0 Å². The van der Waals surface area contributed by atoms with Crippen LogP contribution in [-0.2, 0) is 0 Å². The Bertz CT molecular complexity index is 567. The summed E-state index contributed by atoms with van der Waals surface area (Å²) >= 11 is 0. The fraction of sp³-hybridized carbons (Fsp3) is 0.167. The quantitative estimate of drug-likeness (QED) is 0.721. The molecule has 0 aromatic heterocycles. The highest BCUT2D eigenvalue weighted by Crippen LogP contribution is 2.27. The lowest BCUT2D eigenvalue weighted by atomic mass is 10.2. The third-order valence-corrected chi connectivity index (χ3v) is 2.53. The Morgan fingerprint density at radius 2 is 1.69 bits per heavy atom. The van der Waals surface area contributed by atoms with Gasteiger partial charge in [-0.15, -0.1) is 0 Å². The molecule has 0 N–H and O–H groups in total. The Labute approximate surface area is 92.4 Å². The fourth-order valence-electron chi connectivity index (χ4n) is 1.63. The first-order chi connectivity index (χ1) is 7.66. The molecule has 4 nitrogen and oxygen atoms in total. The molecule has 2 rings (SSSR count). The van der Waals surface area contributed by atoms with E-state index in [0.717, 1.165) is 5.69 Å². The van der Waals surface area contributed by atoms with Crippen molar-refractivity contribution in [1.29, 1.82) is 0 Å². The van der Waals surface area contributed by atoms with Gasteiger partial charge in [-0.25, -0.2) is 0 Å². The number of benzene rings is 1. The maximum absolute atomic E-state index is 11.4. The third kappa shape index (κ3) is 1.39. The van der Waals surface area contributed by atoms with Crippen molar-refractivity contribution < 1.29 is 4.74 Å². The summed E-state index contributed by atoms with van der Waals surface area (Å²) < 4.78 is 4.89. The Hall–Kier alpha value is -2.10. The molecule has 0 atom stereocenters. The molecular formula is C12H11NO3. The summed E-state index contributed by atoms with van der Waals surface area (Å²) in [5.41, 5.74) is 0.107. The van der Waals surface area contributed by atoms with Crippen LogP contribution >= 0.6 is 0 Å². The zero-order valence-corrected chi connectivity index (χ0v) is 9.06. The van der Waals surface area contributed by atoms with Crippen molar-refractivity contribution in [3.05, 3.63) is 50.8 Å². The monoisotopic (exact) mass is 217 g/mol. The second-order valence-corrected chi connectivity index (χ2v) is 3.43. The molecule has 0 radical (unpaired) electrons. The van der Waals surface area contributed by atoms with Gasteiger partial charge in [-0.1, -0.05) is 18.2 Å². The van der Waals surface area contributed by atoms with E-state index in [4.69, 9.17) is 4.74 Å². The van der Waals surface area contributed by atoms with Gasteiger partial charge in [-0.05, 0) is 12.1 Å². The number of para-hydroxylation sites is 1. The van der Waals surface area contributed by atoms with Gasteiger partial charge in [-0.3, -0.25) is 9.59 Å².